The molecule has 17 heteroatoms. The second kappa shape index (κ2) is 18.0. The summed E-state index contributed by atoms with van der Waals surface area (Å²) in [5, 5.41) is 25.2. The summed E-state index contributed by atoms with van der Waals surface area (Å²) in [6.07, 6.45) is 0.597. The first-order valence-corrected chi connectivity index (χ1v) is 23.3. The number of methoxy groups -OCH3 is 1. The van der Waals surface area contributed by atoms with Crippen molar-refractivity contribution in [3.05, 3.63) is 97.3 Å². The number of aliphatic hydroxyl groups is 1. The van der Waals surface area contributed by atoms with Gasteiger partial charge in [-0.15, -0.1) is 0 Å². The smallest absolute Gasteiger partial charge is 0.264 e. The standard InChI is InChI=1S/C41H46N7O8PSi/c1-51-37-36(56-57-48-22-12-20-31(48)33(55-57)26-58(2,29-16-8-4-9-17-29)30-18-10-5-11-19-30)32(24-49)54-40(37)47-27-43-35-38(47)45-41(46-39(35)52-23-13-21-42)44-34(50)25-53-28-14-6-3-7-15-28/h3-11,14-19,27,31-33,36-37,40,49H,12-13,20,22-26H2,1-2H3,(H,44,45,46,50)/t31-,32+,33+,36?,37-,40+,57-/m0/s1. The van der Waals surface area contributed by atoms with Crippen LogP contribution >= 0.6 is 8.53 Å². The lowest BCUT2D eigenvalue weighted by Crippen LogP contribution is -2.58. The second-order valence-electron chi connectivity index (χ2n) is 14.6. The van der Waals surface area contributed by atoms with E-state index in [2.05, 4.69) is 98.2 Å². The van der Waals surface area contributed by atoms with Gasteiger partial charge < -0.3 is 33.1 Å². The van der Waals surface area contributed by atoms with Gasteiger partial charge >= 0.3 is 0 Å². The Balaban J connectivity index is 1.04. The van der Waals surface area contributed by atoms with Gasteiger partial charge in [-0.05, 0) is 31.0 Å². The summed E-state index contributed by atoms with van der Waals surface area (Å²) in [6.45, 7) is 2.70. The number of fused-ring (bicyclic) bond motifs is 2. The molecule has 3 aliphatic rings. The van der Waals surface area contributed by atoms with E-state index in [1.54, 1.807) is 23.8 Å². The van der Waals surface area contributed by atoms with Crippen molar-refractivity contribution in [2.75, 3.05) is 38.8 Å². The molecule has 3 aliphatic heterocycles. The number of hydrogen-bond donors (Lipinski definition) is 2. The number of carbonyl (C=O) groups excluding carboxylic acids is 1. The van der Waals surface area contributed by atoms with Gasteiger partial charge in [-0.3, -0.25) is 14.7 Å². The molecule has 7 atom stereocenters. The van der Waals surface area contributed by atoms with Gasteiger partial charge in [0.1, 0.15) is 38.7 Å². The molecule has 3 fully saturated rings. The Labute approximate surface area is 338 Å². The third kappa shape index (κ3) is 8.22. The minimum absolute atomic E-state index is 0.0437. The number of nitriles is 1. The van der Waals surface area contributed by atoms with Gasteiger partial charge in [-0.25, -0.2) is 9.65 Å². The molecular weight excluding hydrogens is 778 g/mol. The summed E-state index contributed by atoms with van der Waals surface area (Å²) in [7, 11) is -2.19. The molecule has 0 radical (unpaired) electrons. The molecule has 5 aromatic rings. The van der Waals surface area contributed by atoms with Crippen LogP contribution in [0.1, 0.15) is 25.5 Å². The van der Waals surface area contributed by atoms with E-state index in [4.69, 9.17) is 33.3 Å². The Bertz CT molecular complexity index is 2160. The molecule has 1 unspecified atom stereocenters. The number of amides is 1. The predicted molar refractivity (Wildman–Crippen MR) is 218 cm³/mol. The van der Waals surface area contributed by atoms with E-state index in [0.717, 1.165) is 25.4 Å². The van der Waals surface area contributed by atoms with Crippen molar-refractivity contribution >= 4 is 50.0 Å². The number of benzene rings is 3. The molecule has 0 spiro atoms. The SMILES string of the molecule is CO[C@H]1C(O[P@]2O[C@H](C[Si](C)(c3ccccc3)c3ccccc3)[C@@H]3CCCN32)[C@@H](CO)O[C@H]1n1cnc2c(OCCC#N)nc(NC(=O)COc3ccccc3)nc21. The van der Waals surface area contributed by atoms with Crippen LogP contribution in [0.2, 0.25) is 12.6 Å². The van der Waals surface area contributed by atoms with Crippen LogP contribution in [0.4, 0.5) is 5.95 Å². The lowest BCUT2D eigenvalue weighted by Gasteiger charge is -2.32. The highest BCUT2D eigenvalue weighted by Gasteiger charge is 2.54. The summed E-state index contributed by atoms with van der Waals surface area (Å²) in [6, 6.07) is 33.7. The fourth-order valence-corrected chi connectivity index (χ4v) is 14.1. The molecule has 5 heterocycles. The maximum absolute atomic E-state index is 13.0. The number of nitrogens with one attached hydrogen (secondary N) is 1. The molecule has 0 aliphatic carbocycles. The Morgan fingerprint density at radius 2 is 1.71 bits per heavy atom. The largest absolute Gasteiger partial charge is 0.484 e. The number of aliphatic hydroxyl groups excluding tert-OH is 1. The minimum atomic E-state index is -2.23. The first-order valence-electron chi connectivity index (χ1n) is 19.4. The molecule has 1 amide bonds. The van der Waals surface area contributed by atoms with Crippen LogP contribution in [0.3, 0.4) is 0 Å². The van der Waals surface area contributed by atoms with Crippen molar-refractivity contribution in [1.82, 2.24) is 24.2 Å². The van der Waals surface area contributed by atoms with Gasteiger partial charge in [0, 0.05) is 19.7 Å². The summed E-state index contributed by atoms with van der Waals surface area (Å²) < 4.78 is 41.9. The van der Waals surface area contributed by atoms with Gasteiger partial charge in [0.05, 0.1) is 31.5 Å². The third-order valence-electron chi connectivity index (χ3n) is 11.0. The van der Waals surface area contributed by atoms with Crippen molar-refractivity contribution in [1.29, 1.82) is 5.26 Å². The molecule has 302 valence electrons. The number of imidazole rings is 1. The Morgan fingerprint density at radius 1 is 1.00 bits per heavy atom. The van der Waals surface area contributed by atoms with Gasteiger partial charge in [-0.2, -0.15) is 15.2 Å². The topological polar surface area (TPSA) is 175 Å². The molecule has 15 nitrogen and oxygen atoms in total. The fraction of sp³-hybridized carbons (Fsp3) is 0.390. The number of aromatic nitrogens is 4. The summed E-state index contributed by atoms with van der Waals surface area (Å²) in [4.78, 5) is 26.6. The highest BCUT2D eigenvalue weighted by molar-refractivity contribution is 7.45. The van der Waals surface area contributed by atoms with Crippen LogP contribution in [-0.2, 0) is 23.3 Å². The van der Waals surface area contributed by atoms with Gasteiger partial charge in [0.15, 0.2) is 24.0 Å². The van der Waals surface area contributed by atoms with Crippen molar-refractivity contribution in [3.8, 4) is 17.7 Å². The maximum Gasteiger partial charge on any atom is 0.264 e. The number of ether oxygens (including phenoxy) is 4. The molecular formula is C41H46N7O8PSi. The first kappa shape index (κ1) is 40.0. The molecule has 2 aromatic heterocycles. The van der Waals surface area contributed by atoms with E-state index in [0.29, 0.717) is 5.75 Å². The van der Waals surface area contributed by atoms with E-state index < -0.39 is 47.0 Å². The molecule has 2 N–H and O–H groups in total. The lowest BCUT2D eigenvalue weighted by atomic mass is 10.1. The van der Waals surface area contributed by atoms with Crippen molar-refractivity contribution in [3.63, 3.8) is 0 Å². The molecule has 58 heavy (non-hydrogen) atoms. The average molecular weight is 824 g/mol. The number of rotatable bonds is 16. The summed E-state index contributed by atoms with van der Waals surface area (Å²) in [5.41, 5.74) is 0.564. The zero-order chi connectivity index (χ0) is 40.1. The van der Waals surface area contributed by atoms with Crippen molar-refractivity contribution in [2.24, 2.45) is 0 Å². The normalized spacial score (nSPS) is 24.4. The van der Waals surface area contributed by atoms with Crippen molar-refractivity contribution in [2.45, 2.75) is 68.5 Å². The zero-order valence-corrected chi connectivity index (χ0v) is 34.2. The third-order valence-corrected chi connectivity index (χ3v) is 17.2. The number of hydrogen-bond acceptors (Lipinski definition) is 13. The van der Waals surface area contributed by atoms with Crippen LogP contribution in [0.5, 0.6) is 11.6 Å². The molecule has 8 rings (SSSR count). The average Bonchev–Trinajstić information content (AvgIpc) is 4.05. The van der Waals surface area contributed by atoms with Crippen LogP contribution < -0.4 is 25.2 Å². The van der Waals surface area contributed by atoms with Crippen LogP contribution in [0.15, 0.2) is 97.3 Å². The fourth-order valence-electron chi connectivity index (χ4n) is 8.09. The van der Waals surface area contributed by atoms with Crippen LogP contribution in [0.25, 0.3) is 11.2 Å². The minimum Gasteiger partial charge on any atom is -0.484 e. The van der Waals surface area contributed by atoms with E-state index in [9.17, 15) is 9.90 Å². The Kier molecular flexibility index (Phi) is 12.4. The van der Waals surface area contributed by atoms with Crippen LogP contribution in [0, 0.1) is 11.3 Å². The zero-order valence-electron chi connectivity index (χ0n) is 32.3. The number of nitrogens with zero attached hydrogens (tertiary/aromatic N) is 6. The molecule has 0 saturated carbocycles. The maximum atomic E-state index is 13.0. The monoisotopic (exact) mass is 823 g/mol. The lowest BCUT2D eigenvalue weighted by molar-refractivity contribution is -0.118. The number of carbonyl (C=O) groups is 1. The molecule has 0 bridgehead atoms. The number of anilines is 1. The van der Waals surface area contributed by atoms with Gasteiger partial charge in [0.2, 0.25) is 11.8 Å². The van der Waals surface area contributed by atoms with E-state index in [1.807, 2.05) is 18.2 Å². The number of para-hydroxylation sites is 1. The first-order chi connectivity index (χ1) is 28.4. The van der Waals surface area contributed by atoms with E-state index in [1.165, 1.54) is 16.7 Å². The molecule has 3 saturated heterocycles. The molecule has 3 aromatic carbocycles. The van der Waals surface area contributed by atoms with Gasteiger partial charge in [0.25, 0.3) is 14.4 Å². The summed E-state index contributed by atoms with van der Waals surface area (Å²) >= 11 is 0. The second-order valence-corrected chi connectivity index (χ2v) is 20.3. The summed E-state index contributed by atoms with van der Waals surface area (Å²) in [5.74, 6) is 0.0571. The Hall–Kier alpha value is -4.82. The van der Waals surface area contributed by atoms with Crippen molar-refractivity contribution < 1.29 is 37.9 Å². The van der Waals surface area contributed by atoms with E-state index in [-0.39, 0.29) is 61.4 Å². The Morgan fingerprint density at radius 3 is 2.38 bits per heavy atom. The highest BCUT2D eigenvalue weighted by atomic mass is 31.2. The highest BCUT2D eigenvalue weighted by Crippen LogP contribution is 2.59. The quantitative estimate of drug-likeness (QED) is 0.0815. The van der Waals surface area contributed by atoms with E-state index >= 15 is 0 Å². The van der Waals surface area contributed by atoms with Gasteiger partial charge in [-0.1, -0.05) is 95.8 Å². The predicted octanol–water partition coefficient (Wildman–Crippen LogP) is 4.41. The van der Waals surface area contributed by atoms with Crippen LogP contribution in [-0.4, -0.2) is 107 Å².